The van der Waals surface area contributed by atoms with Gasteiger partial charge in [0.2, 0.25) is 5.95 Å². The molecule has 4 rings (SSSR count). The molecule has 0 aliphatic heterocycles. The number of rotatable bonds is 6. The lowest BCUT2D eigenvalue weighted by molar-refractivity contribution is 0.343. The minimum Gasteiger partial charge on any atom is -0.359 e. The van der Waals surface area contributed by atoms with Crippen molar-refractivity contribution in [2.45, 2.75) is 38.5 Å². The van der Waals surface area contributed by atoms with E-state index >= 15 is 0 Å². The van der Waals surface area contributed by atoms with Crippen molar-refractivity contribution in [1.29, 1.82) is 0 Å². The fourth-order valence-electron chi connectivity index (χ4n) is 4.03. The molecule has 7 nitrogen and oxygen atoms in total. The molecular formula is C19H26N6O. The van der Waals surface area contributed by atoms with E-state index in [0.717, 1.165) is 47.5 Å². The Balaban J connectivity index is 1.59. The normalized spacial score (nSPS) is 15.7. The van der Waals surface area contributed by atoms with E-state index in [1.807, 2.05) is 13.1 Å². The van der Waals surface area contributed by atoms with Crippen LogP contribution in [0.1, 0.15) is 37.7 Å². The third-order valence-corrected chi connectivity index (χ3v) is 5.43. The Morgan fingerprint density at radius 1 is 1.23 bits per heavy atom. The van der Waals surface area contributed by atoms with Gasteiger partial charge in [-0.2, -0.15) is 0 Å². The van der Waals surface area contributed by atoms with Crippen LogP contribution >= 0.6 is 0 Å². The Morgan fingerprint density at radius 2 is 2.08 bits per heavy atom. The van der Waals surface area contributed by atoms with Crippen LogP contribution in [0.3, 0.4) is 0 Å². The molecule has 0 amide bonds. The van der Waals surface area contributed by atoms with E-state index in [2.05, 4.69) is 30.6 Å². The van der Waals surface area contributed by atoms with E-state index in [4.69, 9.17) is 0 Å². The third-order valence-electron chi connectivity index (χ3n) is 5.43. The maximum absolute atomic E-state index is 12.2. The predicted octanol–water partition coefficient (Wildman–Crippen LogP) is 2.55. The highest BCUT2D eigenvalue weighted by molar-refractivity contribution is 5.97. The SMILES string of the molecule is CNc1nc2c(CCNCC3CCCCC3)c3nc[nH]c(=O)c3cc2[nH]1. The molecule has 138 valence electrons. The van der Waals surface area contributed by atoms with Crippen molar-refractivity contribution in [1.82, 2.24) is 25.3 Å². The summed E-state index contributed by atoms with van der Waals surface area (Å²) >= 11 is 0. The molecule has 4 N–H and O–H groups in total. The molecule has 0 saturated heterocycles. The maximum Gasteiger partial charge on any atom is 0.258 e. The van der Waals surface area contributed by atoms with Gasteiger partial charge in [-0.25, -0.2) is 9.97 Å². The van der Waals surface area contributed by atoms with Gasteiger partial charge in [0.1, 0.15) is 0 Å². The summed E-state index contributed by atoms with van der Waals surface area (Å²) in [5.74, 6) is 1.50. The largest absolute Gasteiger partial charge is 0.359 e. The van der Waals surface area contributed by atoms with Gasteiger partial charge < -0.3 is 20.6 Å². The summed E-state index contributed by atoms with van der Waals surface area (Å²) in [6.07, 6.45) is 9.07. The van der Waals surface area contributed by atoms with Gasteiger partial charge in [0.15, 0.2) is 0 Å². The van der Waals surface area contributed by atoms with Gasteiger partial charge in [0.25, 0.3) is 5.56 Å². The molecule has 0 unspecified atom stereocenters. The third kappa shape index (κ3) is 3.31. The quantitative estimate of drug-likeness (QED) is 0.510. The van der Waals surface area contributed by atoms with Gasteiger partial charge in [-0.3, -0.25) is 4.79 Å². The summed E-state index contributed by atoms with van der Waals surface area (Å²) in [6.45, 7) is 1.94. The van der Waals surface area contributed by atoms with Crippen molar-refractivity contribution in [3.63, 3.8) is 0 Å². The topological polar surface area (TPSA) is 98.5 Å². The first-order chi connectivity index (χ1) is 12.8. The van der Waals surface area contributed by atoms with Crippen molar-refractivity contribution in [2.75, 3.05) is 25.5 Å². The number of nitrogens with one attached hydrogen (secondary N) is 4. The van der Waals surface area contributed by atoms with Crippen LogP contribution in [0.2, 0.25) is 0 Å². The zero-order valence-electron chi connectivity index (χ0n) is 15.2. The molecule has 1 aromatic carbocycles. The van der Waals surface area contributed by atoms with Crippen molar-refractivity contribution >= 4 is 27.9 Å². The number of anilines is 1. The van der Waals surface area contributed by atoms with E-state index in [-0.39, 0.29) is 5.56 Å². The van der Waals surface area contributed by atoms with E-state index in [1.165, 1.54) is 38.4 Å². The number of hydrogen-bond donors (Lipinski definition) is 4. The second-order valence-electron chi connectivity index (χ2n) is 7.17. The van der Waals surface area contributed by atoms with Crippen LogP contribution in [0.5, 0.6) is 0 Å². The lowest BCUT2D eigenvalue weighted by Gasteiger charge is -2.21. The van der Waals surface area contributed by atoms with Gasteiger partial charge in [0, 0.05) is 12.6 Å². The van der Waals surface area contributed by atoms with Gasteiger partial charge >= 0.3 is 0 Å². The van der Waals surface area contributed by atoms with E-state index in [1.54, 1.807) is 0 Å². The van der Waals surface area contributed by atoms with Crippen LogP contribution in [0.25, 0.3) is 21.9 Å². The first-order valence-corrected chi connectivity index (χ1v) is 9.53. The van der Waals surface area contributed by atoms with Gasteiger partial charge in [-0.1, -0.05) is 19.3 Å². The van der Waals surface area contributed by atoms with Crippen LogP contribution in [-0.4, -0.2) is 40.1 Å². The first kappa shape index (κ1) is 17.0. The Labute approximate surface area is 152 Å². The van der Waals surface area contributed by atoms with Crippen molar-refractivity contribution < 1.29 is 0 Å². The van der Waals surface area contributed by atoms with Gasteiger partial charge in [-0.05, 0) is 44.3 Å². The number of imidazole rings is 1. The lowest BCUT2D eigenvalue weighted by Crippen LogP contribution is -2.26. The molecular weight excluding hydrogens is 328 g/mol. The van der Waals surface area contributed by atoms with E-state index in [9.17, 15) is 4.79 Å². The summed E-state index contributed by atoms with van der Waals surface area (Å²) in [6, 6.07) is 1.84. The second kappa shape index (κ2) is 7.45. The number of aromatic nitrogens is 4. The zero-order valence-corrected chi connectivity index (χ0v) is 15.2. The molecule has 26 heavy (non-hydrogen) atoms. The fraction of sp³-hybridized carbons (Fsp3) is 0.526. The molecule has 3 aromatic rings. The van der Waals surface area contributed by atoms with E-state index < -0.39 is 0 Å². The molecule has 0 bridgehead atoms. The number of hydrogen-bond acceptors (Lipinski definition) is 5. The van der Waals surface area contributed by atoms with Crippen LogP contribution in [0, 0.1) is 5.92 Å². The number of aromatic amines is 2. The fourth-order valence-corrected chi connectivity index (χ4v) is 4.03. The number of benzene rings is 1. The molecule has 7 heteroatoms. The number of fused-ring (bicyclic) bond motifs is 2. The molecule has 0 atom stereocenters. The summed E-state index contributed by atoms with van der Waals surface area (Å²) < 4.78 is 0. The molecule has 1 aliphatic carbocycles. The zero-order chi connectivity index (χ0) is 17.9. The monoisotopic (exact) mass is 354 g/mol. The molecule has 1 aliphatic rings. The summed E-state index contributed by atoms with van der Waals surface area (Å²) in [4.78, 5) is 27.2. The predicted molar refractivity (Wildman–Crippen MR) is 105 cm³/mol. The summed E-state index contributed by atoms with van der Waals surface area (Å²) in [7, 11) is 1.83. The van der Waals surface area contributed by atoms with Crippen LogP contribution in [0.4, 0.5) is 5.95 Å². The summed E-state index contributed by atoms with van der Waals surface area (Å²) in [5, 5.41) is 7.24. The van der Waals surface area contributed by atoms with Gasteiger partial charge in [0.05, 0.1) is 28.3 Å². The Morgan fingerprint density at radius 3 is 2.88 bits per heavy atom. The Kier molecular flexibility index (Phi) is 4.88. The standard InChI is InChI=1S/C19H26N6O/c1-20-19-24-15-9-14-16(22-11-23-18(14)26)13(17(15)25-19)7-8-21-10-12-5-3-2-4-6-12/h9,11-12,21H,2-8,10H2,1H3,(H2,20,24,25)(H,22,23,26). The molecule has 2 heterocycles. The second-order valence-corrected chi connectivity index (χ2v) is 7.17. The highest BCUT2D eigenvalue weighted by Crippen LogP contribution is 2.26. The number of nitrogens with zero attached hydrogens (tertiary/aromatic N) is 2. The Hall–Kier alpha value is -2.41. The molecule has 1 fully saturated rings. The molecule has 0 radical (unpaired) electrons. The average Bonchev–Trinajstić information content (AvgIpc) is 3.09. The van der Waals surface area contributed by atoms with Crippen molar-refractivity contribution in [2.24, 2.45) is 5.92 Å². The summed E-state index contributed by atoms with van der Waals surface area (Å²) in [5.41, 5.74) is 3.41. The van der Waals surface area contributed by atoms with Crippen molar-refractivity contribution in [3.8, 4) is 0 Å². The smallest absolute Gasteiger partial charge is 0.258 e. The van der Waals surface area contributed by atoms with Crippen molar-refractivity contribution in [3.05, 3.63) is 28.3 Å². The highest BCUT2D eigenvalue weighted by Gasteiger charge is 2.16. The van der Waals surface area contributed by atoms with Crippen LogP contribution < -0.4 is 16.2 Å². The minimum atomic E-state index is -0.117. The average molecular weight is 354 g/mol. The van der Waals surface area contributed by atoms with Crippen LogP contribution in [0.15, 0.2) is 17.2 Å². The minimum absolute atomic E-state index is 0.117. The highest BCUT2D eigenvalue weighted by atomic mass is 16.1. The number of H-pyrrole nitrogens is 2. The molecule has 0 spiro atoms. The maximum atomic E-state index is 12.2. The first-order valence-electron chi connectivity index (χ1n) is 9.53. The van der Waals surface area contributed by atoms with Gasteiger partial charge in [-0.15, -0.1) is 0 Å². The lowest BCUT2D eigenvalue weighted by atomic mass is 9.89. The Bertz CT molecular complexity index is 954. The van der Waals surface area contributed by atoms with E-state index in [0.29, 0.717) is 11.3 Å². The molecule has 1 saturated carbocycles. The molecule has 2 aromatic heterocycles. The van der Waals surface area contributed by atoms with Crippen LogP contribution in [-0.2, 0) is 6.42 Å².